The fraction of sp³-hybridized carbons (Fsp3) is 0.458. The Hall–Kier alpha value is -1.98. The molecule has 9 heteroatoms. The molecule has 6 nitrogen and oxygen atoms in total. The van der Waals surface area contributed by atoms with Crippen LogP contribution in [0.5, 0.6) is 5.75 Å². The number of nitrogens with zero attached hydrogens (tertiary/aromatic N) is 2. The van der Waals surface area contributed by atoms with Gasteiger partial charge in [0.05, 0.1) is 12.6 Å². The third-order valence-corrected chi connectivity index (χ3v) is 5.04. The molecule has 0 amide bonds. The Kier molecular flexibility index (Phi) is 13.9. The second-order valence-corrected chi connectivity index (χ2v) is 7.32. The van der Waals surface area contributed by atoms with Gasteiger partial charge in [-0.25, -0.2) is 4.99 Å². The average Bonchev–Trinajstić information content (AvgIpc) is 2.80. The zero-order valence-corrected chi connectivity index (χ0v) is 21.8. The molecule has 1 unspecified atom stereocenters. The van der Waals surface area contributed by atoms with Crippen molar-refractivity contribution in [3.63, 3.8) is 0 Å². The Balaban J connectivity index is 0.00000544. The molecule has 3 N–H and O–H groups in total. The first-order valence-corrected chi connectivity index (χ1v) is 11.0. The maximum Gasteiger partial charge on any atom is 0.387 e. The summed E-state index contributed by atoms with van der Waals surface area (Å²) < 4.78 is 28.8. The molecule has 0 aliphatic rings. The zero-order valence-electron chi connectivity index (χ0n) is 19.4. The SMILES string of the molecule is CCNC(=NCc1ccc(CN(CC)CC)cc1)NCC(O)c1ccc(OC(F)F)cc1.I. The van der Waals surface area contributed by atoms with Gasteiger partial charge >= 0.3 is 6.61 Å². The fourth-order valence-corrected chi connectivity index (χ4v) is 3.15. The van der Waals surface area contributed by atoms with E-state index in [1.807, 2.05) is 6.92 Å². The van der Waals surface area contributed by atoms with Gasteiger partial charge in [0.2, 0.25) is 0 Å². The van der Waals surface area contributed by atoms with Crippen molar-refractivity contribution in [1.82, 2.24) is 15.5 Å². The normalized spacial score (nSPS) is 12.4. The van der Waals surface area contributed by atoms with Crippen molar-refractivity contribution in [3.8, 4) is 5.75 Å². The number of aliphatic hydroxyl groups excluding tert-OH is 1. The van der Waals surface area contributed by atoms with Crippen LogP contribution >= 0.6 is 24.0 Å². The van der Waals surface area contributed by atoms with E-state index in [4.69, 9.17) is 0 Å². The Labute approximate surface area is 212 Å². The van der Waals surface area contributed by atoms with Gasteiger partial charge in [-0.2, -0.15) is 8.78 Å². The number of aliphatic hydroxyl groups is 1. The van der Waals surface area contributed by atoms with Gasteiger partial charge in [-0.15, -0.1) is 24.0 Å². The molecule has 0 radical (unpaired) electrons. The highest BCUT2D eigenvalue weighted by molar-refractivity contribution is 14.0. The number of ether oxygens (including phenoxy) is 1. The maximum absolute atomic E-state index is 12.3. The quantitative estimate of drug-likeness (QED) is 0.197. The Morgan fingerprint density at radius 2 is 1.58 bits per heavy atom. The topological polar surface area (TPSA) is 69.1 Å². The largest absolute Gasteiger partial charge is 0.435 e. The van der Waals surface area contributed by atoms with Crippen molar-refractivity contribution in [3.05, 3.63) is 65.2 Å². The van der Waals surface area contributed by atoms with E-state index in [1.54, 1.807) is 12.1 Å². The summed E-state index contributed by atoms with van der Waals surface area (Å²) in [6, 6.07) is 14.4. The van der Waals surface area contributed by atoms with Gasteiger partial charge in [0, 0.05) is 19.6 Å². The van der Waals surface area contributed by atoms with Crippen molar-refractivity contribution in [2.24, 2.45) is 4.99 Å². The van der Waals surface area contributed by atoms with Gasteiger partial charge in [0.15, 0.2) is 5.96 Å². The molecule has 2 rings (SSSR count). The summed E-state index contributed by atoms with van der Waals surface area (Å²) in [6.45, 7) is 7.84. The van der Waals surface area contributed by atoms with E-state index in [0.717, 1.165) is 25.2 Å². The summed E-state index contributed by atoms with van der Waals surface area (Å²) in [7, 11) is 0. The van der Waals surface area contributed by atoms with E-state index in [0.29, 0.717) is 24.6 Å². The van der Waals surface area contributed by atoms with Crippen LogP contribution in [-0.2, 0) is 13.1 Å². The van der Waals surface area contributed by atoms with E-state index < -0.39 is 12.7 Å². The van der Waals surface area contributed by atoms with Crippen LogP contribution in [-0.4, -0.2) is 48.8 Å². The van der Waals surface area contributed by atoms with Crippen molar-refractivity contribution >= 4 is 29.9 Å². The van der Waals surface area contributed by atoms with Crippen molar-refractivity contribution < 1.29 is 18.6 Å². The first-order chi connectivity index (χ1) is 15.4. The molecular formula is C24H35F2IN4O2. The summed E-state index contributed by atoms with van der Waals surface area (Å²) >= 11 is 0. The number of hydrogen-bond acceptors (Lipinski definition) is 4. The molecule has 0 aliphatic carbocycles. The maximum atomic E-state index is 12.3. The van der Waals surface area contributed by atoms with Crippen LogP contribution in [0.15, 0.2) is 53.5 Å². The van der Waals surface area contributed by atoms with Crippen LogP contribution < -0.4 is 15.4 Å². The summed E-state index contributed by atoms with van der Waals surface area (Å²) in [5.74, 6) is 0.651. The fourth-order valence-electron chi connectivity index (χ4n) is 3.15. The molecule has 2 aromatic carbocycles. The molecule has 184 valence electrons. The molecule has 0 fully saturated rings. The molecule has 0 aliphatic heterocycles. The number of guanidine groups is 1. The number of rotatable bonds is 12. The minimum absolute atomic E-state index is 0. The number of aliphatic imine (C=N–C) groups is 1. The first kappa shape index (κ1) is 29.1. The van der Waals surface area contributed by atoms with E-state index in [2.05, 4.69) is 63.4 Å². The molecule has 0 spiro atoms. The third-order valence-electron chi connectivity index (χ3n) is 5.04. The molecule has 0 saturated heterocycles. The lowest BCUT2D eigenvalue weighted by Crippen LogP contribution is -2.39. The summed E-state index contributed by atoms with van der Waals surface area (Å²) in [5.41, 5.74) is 2.97. The van der Waals surface area contributed by atoms with E-state index in [1.165, 1.54) is 17.7 Å². The number of halogens is 3. The van der Waals surface area contributed by atoms with Crippen LogP contribution in [0, 0.1) is 0 Å². The van der Waals surface area contributed by atoms with Crippen LogP contribution in [0.2, 0.25) is 0 Å². The predicted octanol–water partition coefficient (Wildman–Crippen LogP) is 4.54. The smallest absolute Gasteiger partial charge is 0.387 e. The summed E-state index contributed by atoms with van der Waals surface area (Å²) in [5, 5.41) is 16.7. The lowest BCUT2D eigenvalue weighted by atomic mass is 10.1. The minimum atomic E-state index is -2.87. The molecule has 0 saturated carbocycles. The number of benzene rings is 2. The Bertz CT molecular complexity index is 816. The monoisotopic (exact) mass is 576 g/mol. The second-order valence-electron chi connectivity index (χ2n) is 7.32. The summed E-state index contributed by atoms with van der Waals surface area (Å²) in [6.07, 6.45) is -0.821. The van der Waals surface area contributed by atoms with Gasteiger partial charge < -0.3 is 20.5 Å². The zero-order chi connectivity index (χ0) is 23.3. The predicted molar refractivity (Wildman–Crippen MR) is 139 cm³/mol. The highest BCUT2D eigenvalue weighted by atomic mass is 127. The standard InChI is InChI=1S/C24H34F2N4O2.HI/c1-4-27-24(28-15-18-7-9-19(10-8-18)17-30(5-2)6-3)29-16-22(31)20-11-13-21(14-12-20)32-23(25)26;/h7-14,22-23,31H,4-6,15-17H2,1-3H3,(H2,27,28,29);1H. The molecule has 33 heavy (non-hydrogen) atoms. The molecular weight excluding hydrogens is 541 g/mol. The van der Waals surface area contributed by atoms with Crippen LogP contribution in [0.3, 0.4) is 0 Å². The van der Waals surface area contributed by atoms with E-state index in [-0.39, 0.29) is 36.3 Å². The summed E-state index contributed by atoms with van der Waals surface area (Å²) in [4.78, 5) is 6.95. The van der Waals surface area contributed by atoms with Gasteiger partial charge in [-0.05, 0) is 48.8 Å². The Morgan fingerprint density at radius 1 is 0.970 bits per heavy atom. The van der Waals surface area contributed by atoms with Crippen LogP contribution in [0.25, 0.3) is 0 Å². The molecule has 0 bridgehead atoms. The lowest BCUT2D eigenvalue weighted by molar-refractivity contribution is -0.0498. The second kappa shape index (κ2) is 15.8. The molecule has 0 heterocycles. The third kappa shape index (κ3) is 10.7. The number of nitrogens with one attached hydrogen (secondary N) is 2. The van der Waals surface area contributed by atoms with Crippen molar-refractivity contribution in [1.29, 1.82) is 0 Å². The minimum Gasteiger partial charge on any atom is -0.435 e. The van der Waals surface area contributed by atoms with Gasteiger partial charge in [0.25, 0.3) is 0 Å². The number of alkyl halides is 2. The molecule has 1 atom stereocenters. The van der Waals surface area contributed by atoms with Crippen molar-refractivity contribution in [2.45, 2.75) is 46.6 Å². The first-order valence-electron chi connectivity index (χ1n) is 11.0. The van der Waals surface area contributed by atoms with Gasteiger partial charge in [0.1, 0.15) is 5.75 Å². The average molecular weight is 576 g/mol. The van der Waals surface area contributed by atoms with Gasteiger partial charge in [-0.3, -0.25) is 4.90 Å². The highest BCUT2D eigenvalue weighted by Gasteiger charge is 2.10. The van der Waals surface area contributed by atoms with Crippen LogP contribution in [0.1, 0.15) is 43.6 Å². The molecule has 2 aromatic rings. The Morgan fingerprint density at radius 3 is 2.12 bits per heavy atom. The number of hydrogen-bond donors (Lipinski definition) is 3. The van der Waals surface area contributed by atoms with E-state index >= 15 is 0 Å². The van der Waals surface area contributed by atoms with Gasteiger partial charge in [-0.1, -0.05) is 50.2 Å². The van der Waals surface area contributed by atoms with E-state index in [9.17, 15) is 13.9 Å². The van der Waals surface area contributed by atoms with Crippen LogP contribution in [0.4, 0.5) is 8.78 Å². The molecule has 0 aromatic heterocycles. The van der Waals surface area contributed by atoms with Crippen molar-refractivity contribution in [2.75, 3.05) is 26.2 Å². The highest BCUT2D eigenvalue weighted by Crippen LogP contribution is 2.19. The lowest BCUT2D eigenvalue weighted by Gasteiger charge is -2.18.